The molecule has 0 spiro atoms. The number of amides is 1. The van der Waals surface area contributed by atoms with E-state index < -0.39 is 0 Å². The Morgan fingerprint density at radius 3 is 2.59 bits per heavy atom. The van der Waals surface area contributed by atoms with Crippen LogP contribution in [0.1, 0.15) is 33.6 Å². The first-order chi connectivity index (χ1) is 10.4. The molecule has 0 aliphatic carbocycles. The molecule has 0 unspecified atom stereocenters. The lowest BCUT2D eigenvalue weighted by atomic mass is 9.94. The van der Waals surface area contributed by atoms with Crippen LogP contribution in [0, 0.1) is 5.41 Å². The number of piperidine rings is 1. The highest BCUT2D eigenvalue weighted by Gasteiger charge is 2.27. The van der Waals surface area contributed by atoms with Crippen molar-refractivity contribution >= 4 is 23.0 Å². The van der Waals surface area contributed by atoms with E-state index in [1.165, 1.54) is 0 Å². The highest BCUT2D eigenvalue weighted by atomic mass is 16.4. The van der Waals surface area contributed by atoms with E-state index in [4.69, 9.17) is 4.42 Å². The Morgan fingerprint density at radius 2 is 1.95 bits per heavy atom. The predicted molar refractivity (Wildman–Crippen MR) is 86.8 cm³/mol. The van der Waals surface area contributed by atoms with Crippen LogP contribution in [0.2, 0.25) is 0 Å². The van der Waals surface area contributed by atoms with E-state index in [0.29, 0.717) is 6.01 Å². The highest BCUT2D eigenvalue weighted by Crippen LogP contribution is 2.24. The number of rotatable bonds is 2. The van der Waals surface area contributed by atoms with Crippen molar-refractivity contribution in [3.8, 4) is 0 Å². The lowest BCUT2D eigenvalue weighted by molar-refractivity contribution is -0.129. The summed E-state index contributed by atoms with van der Waals surface area (Å²) in [6, 6.07) is 8.73. The van der Waals surface area contributed by atoms with Gasteiger partial charge < -0.3 is 14.6 Å². The van der Waals surface area contributed by atoms with Gasteiger partial charge in [-0.25, -0.2) is 0 Å². The molecule has 0 radical (unpaired) electrons. The van der Waals surface area contributed by atoms with Crippen LogP contribution >= 0.6 is 0 Å². The molecule has 1 aliphatic heterocycles. The number of anilines is 1. The van der Waals surface area contributed by atoms with Crippen molar-refractivity contribution in [2.24, 2.45) is 5.41 Å². The fourth-order valence-electron chi connectivity index (χ4n) is 2.61. The third-order valence-electron chi connectivity index (χ3n) is 4.06. The van der Waals surface area contributed by atoms with E-state index in [0.717, 1.165) is 37.0 Å². The molecular weight excluding hydrogens is 278 g/mol. The van der Waals surface area contributed by atoms with E-state index >= 15 is 0 Å². The molecule has 1 aromatic heterocycles. The molecule has 1 aromatic carbocycles. The molecule has 22 heavy (non-hydrogen) atoms. The normalized spacial score (nSPS) is 17.0. The van der Waals surface area contributed by atoms with Gasteiger partial charge in [0.25, 0.3) is 6.01 Å². The molecule has 1 fully saturated rings. The molecule has 0 bridgehead atoms. The van der Waals surface area contributed by atoms with Gasteiger partial charge in [0.05, 0.1) is 0 Å². The number of carbonyl (C=O) groups is 1. The standard InChI is InChI=1S/C17H23N3O2/c1-17(2,3)15(21)18-12-8-10-20(11-9-12)16-19-13-6-4-5-7-14(13)22-16/h4-7,12H,8-11H2,1-3H3,(H,18,21). The summed E-state index contributed by atoms with van der Waals surface area (Å²) in [5, 5.41) is 3.14. The summed E-state index contributed by atoms with van der Waals surface area (Å²) in [6.45, 7) is 7.52. The molecule has 118 valence electrons. The van der Waals surface area contributed by atoms with E-state index in [-0.39, 0.29) is 17.4 Å². The number of aromatic nitrogens is 1. The number of oxazole rings is 1. The number of hydrogen-bond acceptors (Lipinski definition) is 4. The summed E-state index contributed by atoms with van der Waals surface area (Å²) >= 11 is 0. The zero-order valence-electron chi connectivity index (χ0n) is 13.4. The van der Waals surface area contributed by atoms with Gasteiger partial charge >= 0.3 is 0 Å². The van der Waals surface area contributed by atoms with Crippen LogP contribution < -0.4 is 10.2 Å². The van der Waals surface area contributed by atoms with Gasteiger partial charge in [-0.05, 0) is 25.0 Å². The first-order valence-corrected chi connectivity index (χ1v) is 7.85. The van der Waals surface area contributed by atoms with Gasteiger partial charge in [0.15, 0.2) is 5.58 Å². The number of benzene rings is 1. The minimum absolute atomic E-state index is 0.118. The summed E-state index contributed by atoms with van der Waals surface area (Å²) in [7, 11) is 0. The zero-order chi connectivity index (χ0) is 15.7. The second-order valence-electron chi connectivity index (χ2n) is 6.95. The van der Waals surface area contributed by atoms with Gasteiger partial charge in [-0.3, -0.25) is 4.79 Å². The molecule has 2 aromatic rings. The van der Waals surface area contributed by atoms with Gasteiger partial charge in [0.1, 0.15) is 5.52 Å². The summed E-state index contributed by atoms with van der Waals surface area (Å²) in [5.41, 5.74) is 1.37. The Kier molecular flexibility index (Phi) is 3.81. The number of nitrogens with zero attached hydrogens (tertiary/aromatic N) is 2. The van der Waals surface area contributed by atoms with Crippen molar-refractivity contribution in [3.63, 3.8) is 0 Å². The molecule has 0 atom stereocenters. The summed E-state index contributed by atoms with van der Waals surface area (Å²) in [5.74, 6) is 0.118. The third kappa shape index (κ3) is 3.08. The topological polar surface area (TPSA) is 58.4 Å². The third-order valence-corrected chi connectivity index (χ3v) is 4.06. The molecule has 2 heterocycles. The van der Waals surface area contributed by atoms with Crippen molar-refractivity contribution in [1.82, 2.24) is 10.3 Å². The molecular formula is C17H23N3O2. The maximum Gasteiger partial charge on any atom is 0.298 e. The van der Waals surface area contributed by atoms with Crippen LogP contribution in [0.4, 0.5) is 6.01 Å². The fraction of sp³-hybridized carbons (Fsp3) is 0.529. The minimum Gasteiger partial charge on any atom is -0.423 e. The second kappa shape index (κ2) is 5.63. The predicted octanol–water partition coefficient (Wildman–Crippen LogP) is 2.96. The molecule has 1 amide bonds. The van der Waals surface area contributed by atoms with Gasteiger partial charge in [-0.15, -0.1) is 0 Å². The van der Waals surface area contributed by atoms with Gasteiger partial charge in [0.2, 0.25) is 5.91 Å². The SMILES string of the molecule is CC(C)(C)C(=O)NC1CCN(c2nc3ccccc3o2)CC1. The van der Waals surface area contributed by atoms with Crippen molar-refractivity contribution < 1.29 is 9.21 Å². The zero-order valence-corrected chi connectivity index (χ0v) is 13.4. The quantitative estimate of drug-likeness (QED) is 0.926. The number of para-hydroxylation sites is 2. The summed E-state index contributed by atoms with van der Waals surface area (Å²) in [4.78, 5) is 18.7. The lowest BCUT2D eigenvalue weighted by Crippen LogP contribution is -2.47. The average molecular weight is 301 g/mol. The van der Waals surface area contributed by atoms with Crippen LogP contribution in [0.25, 0.3) is 11.1 Å². The van der Waals surface area contributed by atoms with Gasteiger partial charge in [0, 0.05) is 24.5 Å². The number of hydrogen-bond donors (Lipinski definition) is 1. The number of nitrogens with one attached hydrogen (secondary N) is 1. The van der Waals surface area contributed by atoms with E-state index in [1.807, 2.05) is 45.0 Å². The van der Waals surface area contributed by atoms with Crippen LogP contribution in [-0.2, 0) is 4.79 Å². The van der Waals surface area contributed by atoms with Crippen molar-refractivity contribution in [3.05, 3.63) is 24.3 Å². The summed E-state index contributed by atoms with van der Waals surface area (Å²) in [6.07, 6.45) is 1.83. The number of carbonyl (C=O) groups excluding carboxylic acids is 1. The Morgan fingerprint density at radius 1 is 1.27 bits per heavy atom. The van der Waals surface area contributed by atoms with E-state index in [9.17, 15) is 4.79 Å². The summed E-state index contributed by atoms with van der Waals surface area (Å²) < 4.78 is 5.81. The molecule has 5 heteroatoms. The first-order valence-electron chi connectivity index (χ1n) is 7.85. The lowest BCUT2D eigenvalue weighted by Gasteiger charge is -2.32. The molecule has 0 saturated carbocycles. The Balaban J connectivity index is 1.61. The Labute approximate surface area is 130 Å². The monoisotopic (exact) mass is 301 g/mol. The van der Waals surface area contributed by atoms with Gasteiger partial charge in [-0.2, -0.15) is 4.98 Å². The Hall–Kier alpha value is -2.04. The molecule has 1 saturated heterocycles. The minimum atomic E-state index is -0.336. The average Bonchev–Trinajstić information content (AvgIpc) is 2.91. The van der Waals surface area contributed by atoms with Crippen LogP contribution in [0.15, 0.2) is 28.7 Å². The van der Waals surface area contributed by atoms with Crippen molar-refractivity contribution in [2.75, 3.05) is 18.0 Å². The van der Waals surface area contributed by atoms with Crippen LogP contribution in [-0.4, -0.2) is 30.0 Å². The van der Waals surface area contributed by atoms with Crippen molar-refractivity contribution in [1.29, 1.82) is 0 Å². The maximum absolute atomic E-state index is 12.0. The Bertz CT molecular complexity index is 631. The molecule has 1 aliphatic rings. The molecule has 3 rings (SSSR count). The fourth-order valence-corrected chi connectivity index (χ4v) is 2.61. The van der Waals surface area contributed by atoms with Crippen molar-refractivity contribution in [2.45, 2.75) is 39.7 Å². The smallest absolute Gasteiger partial charge is 0.298 e. The van der Waals surface area contributed by atoms with E-state index in [1.54, 1.807) is 0 Å². The largest absolute Gasteiger partial charge is 0.423 e. The molecule has 5 nitrogen and oxygen atoms in total. The maximum atomic E-state index is 12.0. The second-order valence-corrected chi connectivity index (χ2v) is 6.95. The van der Waals surface area contributed by atoms with Gasteiger partial charge in [-0.1, -0.05) is 32.9 Å². The number of fused-ring (bicyclic) bond motifs is 1. The van der Waals surface area contributed by atoms with E-state index in [2.05, 4.69) is 15.2 Å². The molecule has 1 N–H and O–H groups in total. The van der Waals surface area contributed by atoms with Crippen LogP contribution in [0.3, 0.4) is 0 Å². The highest BCUT2D eigenvalue weighted by molar-refractivity contribution is 5.81. The first kappa shape index (κ1) is 14.9. The van der Waals surface area contributed by atoms with Crippen LogP contribution in [0.5, 0.6) is 0 Å².